The average molecular weight is 229 g/mol. The fourth-order valence-electron chi connectivity index (χ4n) is 1.19. The molecule has 0 saturated heterocycles. The summed E-state index contributed by atoms with van der Waals surface area (Å²) in [6, 6.07) is -0.140. The van der Waals surface area contributed by atoms with Gasteiger partial charge in [-0.2, -0.15) is 0 Å². The van der Waals surface area contributed by atoms with Gasteiger partial charge in [-0.15, -0.1) is 6.58 Å². The molecule has 0 aromatic carbocycles. The number of hydrogen-bond acceptors (Lipinski definition) is 5. The van der Waals surface area contributed by atoms with Gasteiger partial charge in [0.1, 0.15) is 0 Å². The molecule has 0 heterocycles. The molecule has 0 aliphatic carbocycles. The predicted molar refractivity (Wildman–Crippen MR) is 65.3 cm³/mol. The van der Waals surface area contributed by atoms with Gasteiger partial charge in [0.2, 0.25) is 6.41 Å². The number of hydrogen-bond donors (Lipinski definition) is 4. The lowest BCUT2D eigenvalue weighted by Crippen LogP contribution is -2.46. The first kappa shape index (κ1) is 15.1. The van der Waals surface area contributed by atoms with Gasteiger partial charge in [-0.05, 0) is 20.3 Å². The molecule has 5 heteroatoms. The van der Waals surface area contributed by atoms with Crippen molar-refractivity contribution in [1.29, 1.82) is 0 Å². The third kappa shape index (κ3) is 6.58. The number of nitrogens with one attached hydrogen (secondary N) is 3. The lowest BCUT2D eigenvalue weighted by Gasteiger charge is -2.25. The van der Waals surface area contributed by atoms with E-state index < -0.39 is 6.41 Å². The van der Waals surface area contributed by atoms with Crippen LogP contribution in [-0.4, -0.2) is 30.7 Å². The molecule has 0 spiro atoms. The van der Waals surface area contributed by atoms with Crippen molar-refractivity contribution in [3.8, 4) is 0 Å². The summed E-state index contributed by atoms with van der Waals surface area (Å²) in [6.45, 7) is 11.2. The summed E-state index contributed by atoms with van der Waals surface area (Å²) in [5.74, 6) is 0. The van der Waals surface area contributed by atoms with Gasteiger partial charge in [0, 0.05) is 12.7 Å². The zero-order valence-corrected chi connectivity index (χ0v) is 10.3. The molecule has 0 radical (unpaired) electrons. The molecule has 0 rings (SSSR count). The van der Waals surface area contributed by atoms with E-state index in [-0.39, 0.29) is 12.1 Å². The summed E-state index contributed by atoms with van der Waals surface area (Å²) < 4.78 is 5.18. The lowest BCUT2D eigenvalue weighted by atomic mass is 10.1. The van der Waals surface area contributed by atoms with Crippen LogP contribution in [0.4, 0.5) is 0 Å². The van der Waals surface area contributed by atoms with Crippen molar-refractivity contribution in [2.45, 2.75) is 38.8 Å². The molecule has 0 aliphatic heterocycles. The third-order valence-corrected chi connectivity index (χ3v) is 1.85. The quantitative estimate of drug-likeness (QED) is 0.263. The zero-order valence-electron chi connectivity index (χ0n) is 10.3. The predicted octanol–water partition coefficient (Wildman–Crippen LogP) is 0.459. The molecule has 0 saturated carbocycles. The Morgan fingerprint density at radius 3 is 2.56 bits per heavy atom. The number of rotatable bonds is 9. The van der Waals surface area contributed by atoms with Crippen LogP contribution in [0.15, 0.2) is 24.9 Å². The molecular formula is C11H23N3O2. The Hall–Kier alpha value is -0.880. The van der Waals surface area contributed by atoms with Gasteiger partial charge in [0.25, 0.3) is 0 Å². The standard InChI is InChI=1S/C11H23N3O2/c1-6-7-10(9(4)14-12-5)13-11(15)16-8(2)3/h6,8,10-15H,1,4,7H2,2-3,5H3. The van der Waals surface area contributed by atoms with E-state index >= 15 is 0 Å². The Labute approximate surface area is 97.5 Å². The smallest absolute Gasteiger partial charge is 0.214 e. The van der Waals surface area contributed by atoms with Gasteiger partial charge in [-0.25, -0.2) is 5.43 Å². The van der Waals surface area contributed by atoms with E-state index in [9.17, 15) is 5.11 Å². The molecule has 0 aromatic heterocycles. The molecule has 0 amide bonds. The fourth-order valence-corrected chi connectivity index (χ4v) is 1.19. The van der Waals surface area contributed by atoms with E-state index in [0.29, 0.717) is 12.1 Å². The highest BCUT2D eigenvalue weighted by Crippen LogP contribution is 2.03. The maximum absolute atomic E-state index is 9.58. The van der Waals surface area contributed by atoms with Crippen molar-refractivity contribution < 1.29 is 9.84 Å². The lowest BCUT2D eigenvalue weighted by molar-refractivity contribution is -0.147. The van der Waals surface area contributed by atoms with Crippen molar-refractivity contribution in [3.63, 3.8) is 0 Å². The van der Waals surface area contributed by atoms with Crippen molar-refractivity contribution in [2.24, 2.45) is 0 Å². The molecule has 0 bridgehead atoms. The molecule has 4 N–H and O–H groups in total. The van der Waals surface area contributed by atoms with Crippen LogP contribution in [0.2, 0.25) is 0 Å². The van der Waals surface area contributed by atoms with E-state index in [1.54, 1.807) is 13.1 Å². The van der Waals surface area contributed by atoms with Crippen LogP contribution in [0.25, 0.3) is 0 Å². The molecule has 2 unspecified atom stereocenters. The highest BCUT2D eigenvalue weighted by atomic mass is 16.6. The first-order valence-electron chi connectivity index (χ1n) is 5.33. The van der Waals surface area contributed by atoms with Crippen LogP contribution in [-0.2, 0) is 4.74 Å². The Balaban J connectivity index is 4.20. The van der Waals surface area contributed by atoms with E-state index in [4.69, 9.17) is 4.74 Å². The summed E-state index contributed by atoms with van der Waals surface area (Å²) in [7, 11) is 1.75. The largest absolute Gasteiger partial charge is 0.356 e. The minimum absolute atomic E-state index is 0.0441. The van der Waals surface area contributed by atoms with Gasteiger partial charge < -0.3 is 15.3 Å². The first-order chi connectivity index (χ1) is 7.51. The first-order valence-corrected chi connectivity index (χ1v) is 5.33. The van der Waals surface area contributed by atoms with Crippen LogP contribution in [0.5, 0.6) is 0 Å². The average Bonchev–Trinajstić information content (AvgIpc) is 2.16. The maximum Gasteiger partial charge on any atom is 0.214 e. The van der Waals surface area contributed by atoms with Crippen molar-refractivity contribution >= 4 is 0 Å². The second-order valence-corrected chi connectivity index (χ2v) is 3.68. The van der Waals surface area contributed by atoms with E-state index in [0.717, 1.165) is 0 Å². The van der Waals surface area contributed by atoms with Gasteiger partial charge >= 0.3 is 0 Å². The Bertz CT molecular complexity index is 219. The molecule has 5 nitrogen and oxygen atoms in total. The van der Waals surface area contributed by atoms with Crippen LogP contribution in [0.3, 0.4) is 0 Å². The fraction of sp³-hybridized carbons (Fsp3) is 0.636. The van der Waals surface area contributed by atoms with Crippen LogP contribution >= 0.6 is 0 Å². The molecule has 16 heavy (non-hydrogen) atoms. The second-order valence-electron chi connectivity index (χ2n) is 3.68. The Kier molecular flexibility index (Phi) is 7.84. The number of aliphatic hydroxyl groups excluding tert-OH is 1. The zero-order chi connectivity index (χ0) is 12.6. The van der Waals surface area contributed by atoms with Crippen LogP contribution < -0.4 is 16.2 Å². The van der Waals surface area contributed by atoms with Crippen molar-refractivity contribution in [1.82, 2.24) is 16.2 Å². The summed E-state index contributed by atoms with van der Waals surface area (Å²) in [5, 5.41) is 12.5. The Morgan fingerprint density at radius 2 is 2.12 bits per heavy atom. The molecule has 0 aliphatic rings. The topological polar surface area (TPSA) is 65.5 Å². The molecule has 2 atom stereocenters. The molecular weight excluding hydrogens is 206 g/mol. The SMILES string of the molecule is C=CCC(NC(O)OC(C)C)C(=C)NNC. The van der Waals surface area contributed by atoms with Gasteiger partial charge in [0.05, 0.1) is 12.1 Å². The number of aliphatic hydroxyl groups is 1. The van der Waals surface area contributed by atoms with Crippen molar-refractivity contribution in [2.75, 3.05) is 7.05 Å². The molecule has 0 fully saturated rings. The minimum Gasteiger partial charge on any atom is -0.356 e. The number of ether oxygens (including phenoxy) is 1. The van der Waals surface area contributed by atoms with E-state index in [2.05, 4.69) is 29.3 Å². The highest BCUT2D eigenvalue weighted by Gasteiger charge is 2.15. The maximum atomic E-state index is 9.58. The van der Waals surface area contributed by atoms with E-state index in [1.807, 2.05) is 13.8 Å². The summed E-state index contributed by atoms with van der Waals surface area (Å²) in [6.07, 6.45) is 1.34. The van der Waals surface area contributed by atoms with Gasteiger partial charge in [-0.1, -0.05) is 12.7 Å². The monoisotopic (exact) mass is 229 g/mol. The normalized spacial score (nSPS) is 14.6. The van der Waals surface area contributed by atoms with E-state index in [1.165, 1.54) is 0 Å². The summed E-state index contributed by atoms with van der Waals surface area (Å²) in [4.78, 5) is 0. The third-order valence-electron chi connectivity index (χ3n) is 1.85. The molecule has 0 aromatic rings. The number of hydrazine groups is 1. The summed E-state index contributed by atoms with van der Waals surface area (Å²) >= 11 is 0. The minimum atomic E-state index is -1.01. The second kappa shape index (κ2) is 8.29. The van der Waals surface area contributed by atoms with Crippen LogP contribution in [0.1, 0.15) is 20.3 Å². The van der Waals surface area contributed by atoms with Gasteiger partial charge in [-0.3, -0.25) is 5.32 Å². The summed E-state index contributed by atoms with van der Waals surface area (Å²) in [5.41, 5.74) is 6.36. The Morgan fingerprint density at radius 1 is 1.50 bits per heavy atom. The highest BCUT2D eigenvalue weighted by molar-refractivity contribution is 5.04. The molecule has 94 valence electrons. The van der Waals surface area contributed by atoms with Crippen molar-refractivity contribution in [3.05, 3.63) is 24.9 Å². The van der Waals surface area contributed by atoms with Gasteiger partial charge in [0.15, 0.2) is 0 Å². The van der Waals surface area contributed by atoms with Crippen LogP contribution in [0, 0.1) is 0 Å².